The second kappa shape index (κ2) is 6.01. The zero-order valence-corrected chi connectivity index (χ0v) is 9.49. The third-order valence-corrected chi connectivity index (χ3v) is 2.47. The molecule has 2 aromatic rings. The van der Waals surface area contributed by atoms with Crippen LogP contribution in [0.2, 0.25) is 0 Å². The monoisotopic (exact) mass is 229 g/mol. The van der Waals surface area contributed by atoms with Crippen molar-refractivity contribution >= 4 is 0 Å². The first kappa shape index (κ1) is 11.6. The molecular weight excluding hydrogens is 214 g/mol. The number of aliphatic hydroxyl groups is 1. The molecule has 1 aromatic carbocycles. The van der Waals surface area contributed by atoms with Crippen LogP contribution < -0.4 is 4.74 Å². The molecule has 0 radical (unpaired) electrons. The second-order valence-electron chi connectivity index (χ2n) is 3.75. The van der Waals surface area contributed by atoms with Crippen LogP contribution in [0.3, 0.4) is 0 Å². The Morgan fingerprint density at radius 3 is 2.65 bits per heavy atom. The standard InChI is InChI=1S/C14H15NO2/c16-14(12-5-4-9-15-11-12)8-10-17-13-6-2-1-3-7-13/h1-7,9,11,14,16H,8,10H2. The molecule has 0 fully saturated rings. The Labute approximate surface area is 101 Å². The number of nitrogens with zero attached hydrogens (tertiary/aromatic N) is 1. The lowest BCUT2D eigenvalue weighted by atomic mass is 10.1. The van der Waals surface area contributed by atoms with Crippen LogP contribution in [0.5, 0.6) is 5.75 Å². The number of ether oxygens (including phenoxy) is 1. The number of rotatable bonds is 5. The van der Waals surface area contributed by atoms with Gasteiger partial charge in [-0.05, 0) is 23.8 Å². The van der Waals surface area contributed by atoms with Crippen molar-refractivity contribution in [2.24, 2.45) is 0 Å². The summed E-state index contributed by atoms with van der Waals surface area (Å²) in [5, 5.41) is 9.88. The molecule has 0 amide bonds. The van der Waals surface area contributed by atoms with E-state index in [4.69, 9.17) is 4.74 Å². The quantitative estimate of drug-likeness (QED) is 0.856. The molecule has 88 valence electrons. The maximum atomic E-state index is 9.88. The average Bonchev–Trinajstić information content (AvgIpc) is 2.41. The number of pyridine rings is 1. The third-order valence-electron chi connectivity index (χ3n) is 2.47. The number of aliphatic hydroxyl groups excluding tert-OH is 1. The van der Waals surface area contributed by atoms with Crippen molar-refractivity contribution in [1.82, 2.24) is 4.98 Å². The van der Waals surface area contributed by atoms with Crippen molar-refractivity contribution in [3.63, 3.8) is 0 Å². The minimum atomic E-state index is -0.521. The van der Waals surface area contributed by atoms with Crippen LogP contribution in [-0.4, -0.2) is 16.7 Å². The van der Waals surface area contributed by atoms with Crippen LogP contribution in [-0.2, 0) is 0 Å². The first-order valence-corrected chi connectivity index (χ1v) is 5.62. The molecule has 3 heteroatoms. The summed E-state index contributed by atoms with van der Waals surface area (Å²) in [6.45, 7) is 0.486. The number of para-hydroxylation sites is 1. The molecule has 3 nitrogen and oxygen atoms in total. The molecule has 1 heterocycles. The normalized spacial score (nSPS) is 12.1. The Morgan fingerprint density at radius 1 is 1.12 bits per heavy atom. The van der Waals surface area contributed by atoms with Crippen LogP contribution in [0.4, 0.5) is 0 Å². The van der Waals surface area contributed by atoms with Gasteiger partial charge in [0.1, 0.15) is 5.75 Å². The van der Waals surface area contributed by atoms with Crippen LogP contribution in [0.15, 0.2) is 54.9 Å². The van der Waals surface area contributed by atoms with E-state index in [9.17, 15) is 5.11 Å². The highest BCUT2D eigenvalue weighted by atomic mass is 16.5. The first-order chi connectivity index (χ1) is 8.36. The molecular formula is C14H15NO2. The summed E-state index contributed by atoms with van der Waals surface area (Å²) in [5.41, 5.74) is 0.823. The van der Waals surface area contributed by atoms with E-state index in [0.29, 0.717) is 13.0 Å². The molecule has 0 aliphatic carbocycles. The van der Waals surface area contributed by atoms with Crippen molar-refractivity contribution in [3.8, 4) is 5.75 Å². The number of hydrogen-bond acceptors (Lipinski definition) is 3. The average molecular weight is 229 g/mol. The van der Waals surface area contributed by atoms with Gasteiger partial charge in [0, 0.05) is 18.8 Å². The minimum absolute atomic E-state index is 0.486. The fourth-order valence-electron chi connectivity index (χ4n) is 1.54. The van der Waals surface area contributed by atoms with Gasteiger partial charge in [-0.25, -0.2) is 0 Å². The Kier molecular flexibility index (Phi) is 4.11. The minimum Gasteiger partial charge on any atom is -0.493 e. The zero-order valence-electron chi connectivity index (χ0n) is 9.49. The lowest BCUT2D eigenvalue weighted by molar-refractivity contribution is 0.140. The third kappa shape index (κ3) is 3.57. The van der Waals surface area contributed by atoms with E-state index in [-0.39, 0.29) is 0 Å². The lowest BCUT2D eigenvalue weighted by Gasteiger charge is -2.11. The molecule has 0 aliphatic heterocycles. The van der Waals surface area contributed by atoms with Crippen molar-refractivity contribution in [3.05, 3.63) is 60.4 Å². The molecule has 1 unspecified atom stereocenters. The molecule has 2 rings (SSSR count). The topological polar surface area (TPSA) is 42.4 Å². The van der Waals surface area contributed by atoms with E-state index >= 15 is 0 Å². The van der Waals surface area contributed by atoms with E-state index < -0.39 is 6.10 Å². The number of hydrogen-bond donors (Lipinski definition) is 1. The molecule has 0 saturated heterocycles. The van der Waals surface area contributed by atoms with Crippen molar-refractivity contribution in [2.45, 2.75) is 12.5 Å². The second-order valence-corrected chi connectivity index (χ2v) is 3.75. The van der Waals surface area contributed by atoms with E-state index in [2.05, 4.69) is 4.98 Å². The van der Waals surface area contributed by atoms with Gasteiger partial charge in [0.05, 0.1) is 12.7 Å². The van der Waals surface area contributed by atoms with E-state index in [1.54, 1.807) is 12.4 Å². The summed E-state index contributed by atoms with van der Waals surface area (Å²) in [5.74, 6) is 0.825. The van der Waals surface area contributed by atoms with Crippen LogP contribution in [0.25, 0.3) is 0 Å². The SMILES string of the molecule is OC(CCOc1ccccc1)c1cccnc1. The largest absolute Gasteiger partial charge is 0.493 e. The molecule has 1 N–H and O–H groups in total. The maximum Gasteiger partial charge on any atom is 0.119 e. The maximum absolute atomic E-state index is 9.88. The Bertz CT molecular complexity index is 430. The van der Waals surface area contributed by atoms with E-state index in [1.807, 2.05) is 42.5 Å². The van der Waals surface area contributed by atoms with Crippen LogP contribution in [0, 0.1) is 0 Å². The Hall–Kier alpha value is -1.87. The predicted octanol–water partition coefficient (Wildman–Crippen LogP) is 2.58. The summed E-state index contributed by atoms with van der Waals surface area (Å²) in [6.07, 6.45) is 3.40. The molecule has 1 aromatic heterocycles. The smallest absolute Gasteiger partial charge is 0.119 e. The van der Waals surface area contributed by atoms with Gasteiger partial charge in [-0.3, -0.25) is 4.98 Å². The van der Waals surface area contributed by atoms with E-state index in [0.717, 1.165) is 11.3 Å². The summed E-state index contributed by atoms with van der Waals surface area (Å²) in [7, 11) is 0. The van der Waals surface area contributed by atoms with Gasteiger partial charge in [0.2, 0.25) is 0 Å². The Morgan fingerprint density at radius 2 is 1.94 bits per heavy atom. The number of benzene rings is 1. The highest BCUT2D eigenvalue weighted by Gasteiger charge is 2.07. The predicted molar refractivity (Wildman–Crippen MR) is 65.8 cm³/mol. The molecule has 17 heavy (non-hydrogen) atoms. The highest BCUT2D eigenvalue weighted by molar-refractivity contribution is 5.21. The summed E-state index contributed by atoms with van der Waals surface area (Å²) < 4.78 is 5.52. The highest BCUT2D eigenvalue weighted by Crippen LogP contribution is 2.16. The van der Waals surface area contributed by atoms with Gasteiger partial charge in [0.15, 0.2) is 0 Å². The van der Waals surface area contributed by atoms with Crippen LogP contribution in [0.1, 0.15) is 18.1 Å². The first-order valence-electron chi connectivity index (χ1n) is 5.62. The fourth-order valence-corrected chi connectivity index (χ4v) is 1.54. The number of aromatic nitrogens is 1. The van der Waals surface area contributed by atoms with Crippen molar-refractivity contribution in [2.75, 3.05) is 6.61 Å². The van der Waals surface area contributed by atoms with Gasteiger partial charge in [-0.2, -0.15) is 0 Å². The fraction of sp³-hybridized carbons (Fsp3) is 0.214. The van der Waals surface area contributed by atoms with Gasteiger partial charge < -0.3 is 9.84 Å². The zero-order chi connectivity index (χ0) is 11.9. The van der Waals surface area contributed by atoms with Gasteiger partial charge in [0.25, 0.3) is 0 Å². The Balaban J connectivity index is 1.79. The van der Waals surface area contributed by atoms with Gasteiger partial charge in [-0.15, -0.1) is 0 Å². The van der Waals surface area contributed by atoms with E-state index in [1.165, 1.54) is 0 Å². The molecule has 0 bridgehead atoms. The molecule has 0 spiro atoms. The summed E-state index contributed by atoms with van der Waals surface area (Å²) in [4.78, 5) is 3.97. The van der Waals surface area contributed by atoms with Crippen molar-refractivity contribution < 1.29 is 9.84 Å². The van der Waals surface area contributed by atoms with Gasteiger partial charge in [-0.1, -0.05) is 24.3 Å². The lowest BCUT2D eigenvalue weighted by Crippen LogP contribution is -2.05. The molecule has 0 saturated carbocycles. The van der Waals surface area contributed by atoms with Crippen molar-refractivity contribution in [1.29, 1.82) is 0 Å². The summed E-state index contributed by atoms with van der Waals surface area (Å²) in [6, 6.07) is 13.3. The molecule has 1 atom stereocenters. The summed E-state index contributed by atoms with van der Waals surface area (Å²) >= 11 is 0. The van der Waals surface area contributed by atoms with Gasteiger partial charge >= 0.3 is 0 Å². The molecule has 0 aliphatic rings. The van der Waals surface area contributed by atoms with Crippen LogP contribution >= 0.6 is 0 Å².